The first-order chi connectivity index (χ1) is 9.20. The summed E-state index contributed by atoms with van der Waals surface area (Å²) in [5, 5.41) is 0.927. The predicted molar refractivity (Wildman–Crippen MR) is 61.8 cm³/mol. The molecule has 0 aromatic rings. The topological polar surface area (TPSA) is 68.3 Å². The fourth-order valence-corrected chi connectivity index (χ4v) is 2.72. The van der Waals surface area contributed by atoms with Gasteiger partial charge in [0.25, 0.3) is 0 Å². The van der Waals surface area contributed by atoms with E-state index in [1.165, 1.54) is 14.2 Å². The fourth-order valence-electron chi connectivity index (χ4n) is 1.57. The van der Waals surface area contributed by atoms with Crippen LogP contribution >= 0.6 is 7.60 Å². The van der Waals surface area contributed by atoms with Gasteiger partial charge < -0.3 is 13.9 Å². The number of rotatable bonds is 5. The molecule has 1 saturated heterocycles. The molecule has 0 aromatic carbocycles. The Morgan fingerprint density at radius 2 is 1.65 bits per heavy atom. The lowest BCUT2D eigenvalue weighted by Gasteiger charge is -2.34. The van der Waals surface area contributed by atoms with E-state index >= 15 is 0 Å². The van der Waals surface area contributed by atoms with Crippen LogP contribution in [0.5, 0.6) is 0 Å². The first-order valence-electron chi connectivity index (χ1n) is 5.67. The van der Waals surface area contributed by atoms with Crippen molar-refractivity contribution in [3.63, 3.8) is 0 Å². The molecule has 1 aliphatic heterocycles. The molecule has 1 aliphatic rings. The number of alkyl halides is 3. The Labute approximate surface area is 114 Å². The van der Waals surface area contributed by atoms with E-state index in [-0.39, 0.29) is 32.5 Å². The van der Waals surface area contributed by atoms with Gasteiger partial charge in [0.15, 0.2) is 0 Å². The number of carbonyl (C=O) groups excluding carboxylic acids is 1. The van der Waals surface area contributed by atoms with Gasteiger partial charge in [-0.1, -0.05) is 0 Å². The predicted octanol–water partition coefficient (Wildman–Crippen LogP) is 1.07. The van der Waals surface area contributed by atoms with Gasteiger partial charge in [0.2, 0.25) is 0 Å². The number of hydroxylamine groups is 2. The summed E-state index contributed by atoms with van der Waals surface area (Å²) in [4.78, 5) is 16.5. The van der Waals surface area contributed by atoms with E-state index in [4.69, 9.17) is 9.05 Å². The maximum absolute atomic E-state index is 12.0. The van der Waals surface area contributed by atoms with Gasteiger partial charge >= 0.3 is 19.7 Å². The third-order valence-electron chi connectivity index (χ3n) is 2.70. The van der Waals surface area contributed by atoms with Crippen LogP contribution in [0.2, 0.25) is 0 Å². The quantitative estimate of drug-likeness (QED) is 0.702. The first-order valence-corrected chi connectivity index (χ1v) is 7.40. The number of hydrogen-bond acceptors (Lipinski definition) is 7. The van der Waals surface area contributed by atoms with Gasteiger partial charge in [0.1, 0.15) is 6.29 Å². The van der Waals surface area contributed by atoms with Gasteiger partial charge in [-0.3, -0.25) is 9.46 Å². The number of piperazine rings is 1. The zero-order valence-corrected chi connectivity index (χ0v) is 11.9. The minimum absolute atomic E-state index is 0.0288. The zero-order valence-electron chi connectivity index (χ0n) is 11.1. The van der Waals surface area contributed by atoms with Gasteiger partial charge in [0.05, 0.1) is 0 Å². The van der Waals surface area contributed by atoms with E-state index in [0.717, 1.165) is 5.06 Å². The molecule has 0 N–H and O–H groups in total. The van der Waals surface area contributed by atoms with Crippen LogP contribution in [0.3, 0.4) is 0 Å². The maximum Gasteiger partial charge on any atom is 0.492 e. The lowest BCUT2D eigenvalue weighted by Crippen LogP contribution is -2.48. The molecule has 0 radical (unpaired) electrons. The van der Waals surface area contributed by atoms with Crippen LogP contribution in [0.4, 0.5) is 13.2 Å². The molecule has 0 saturated carbocycles. The molecule has 0 unspecified atom stereocenters. The van der Waals surface area contributed by atoms with Crippen molar-refractivity contribution in [2.24, 2.45) is 0 Å². The van der Waals surface area contributed by atoms with E-state index < -0.39 is 19.7 Å². The van der Waals surface area contributed by atoms with Crippen molar-refractivity contribution in [3.05, 3.63) is 0 Å². The lowest BCUT2D eigenvalue weighted by atomic mass is 10.4. The number of carbonyl (C=O) groups is 1. The zero-order chi connectivity index (χ0) is 15.4. The third-order valence-corrected chi connectivity index (χ3v) is 4.56. The Hall–Kier alpha value is -0.670. The molecule has 0 atom stereocenters. The Kier molecular flexibility index (Phi) is 5.96. The SMILES string of the molecule is COP(=O)(CN1CCN(OC(=O)C(F)(F)F)CC1)OC. The molecule has 0 amide bonds. The normalized spacial score (nSPS) is 19.1. The molecule has 20 heavy (non-hydrogen) atoms. The summed E-state index contributed by atoms with van der Waals surface area (Å²) in [6.07, 6.45) is -4.99. The van der Waals surface area contributed by atoms with Crippen molar-refractivity contribution in [3.8, 4) is 0 Å². The maximum atomic E-state index is 12.0. The summed E-state index contributed by atoms with van der Waals surface area (Å²) >= 11 is 0. The molecule has 1 rings (SSSR count). The first kappa shape index (κ1) is 17.4. The number of hydrogen-bond donors (Lipinski definition) is 0. The second-order valence-electron chi connectivity index (χ2n) is 4.04. The van der Waals surface area contributed by atoms with Crippen LogP contribution in [-0.2, 0) is 23.2 Å². The second kappa shape index (κ2) is 6.86. The second-order valence-corrected chi connectivity index (χ2v) is 6.28. The van der Waals surface area contributed by atoms with Crippen LogP contribution in [0.25, 0.3) is 0 Å². The van der Waals surface area contributed by atoms with Crippen molar-refractivity contribution in [1.29, 1.82) is 0 Å². The molecule has 0 spiro atoms. The third kappa shape index (κ3) is 5.02. The summed E-state index contributed by atoms with van der Waals surface area (Å²) in [5.41, 5.74) is 0. The Balaban J connectivity index is 2.41. The van der Waals surface area contributed by atoms with Gasteiger partial charge in [0, 0.05) is 40.4 Å². The average Bonchev–Trinajstić information content (AvgIpc) is 2.39. The Bertz CT molecular complexity index is 376. The Morgan fingerprint density at radius 3 is 2.05 bits per heavy atom. The summed E-state index contributed by atoms with van der Waals surface area (Å²) in [6, 6.07) is 0. The molecule has 1 fully saturated rings. The fraction of sp³-hybridized carbons (Fsp3) is 0.889. The highest BCUT2D eigenvalue weighted by atomic mass is 31.2. The van der Waals surface area contributed by atoms with E-state index in [9.17, 15) is 22.5 Å². The summed E-state index contributed by atoms with van der Waals surface area (Å²) in [5.74, 6) is -2.24. The van der Waals surface area contributed by atoms with Crippen LogP contribution in [0.1, 0.15) is 0 Å². The van der Waals surface area contributed by atoms with Crippen molar-refractivity contribution in [2.75, 3.05) is 46.7 Å². The van der Waals surface area contributed by atoms with Crippen LogP contribution < -0.4 is 0 Å². The van der Waals surface area contributed by atoms with Crippen LogP contribution in [-0.4, -0.2) is 68.8 Å². The van der Waals surface area contributed by atoms with Gasteiger partial charge in [-0.15, -0.1) is 5.06 Å². The van der Waals surface area contributed by atoms with E-state index in [0.29, 0.717) is 0 Å². The molecule has 0 aliphatic carbocycles. The van der Waals surface area contributed by atoms with E-state index in [1.54, 1.807) is 4.90 Å². The molecule has 118 valence electrons. The monoisotopic (exact) mass is 320 g/mol. The molecule has 0 bridgehead atoms. The molecule has 11 heteroatoms. The minimum atomic E-state index is -5.01. The summed E-state index contributed by atoms with van der Waals surface area (Å²) in [7, 11) is -0.693. The Morgan fingerprint density at radius 1 is 1.15 bits per heavy atom. The smallest absolute Gasteiger partial charge is 0.361 e. The lowest BCUT2D eigenvalue weighted by molar-refractivity contribution is -0.242. The van der Waals surface area contributed by atoms with Crippen LogP contribution in [0, 0.1) is 0 Å². The average molecular weight is 320 g/mol. The van der Waals surface area contributed by atoms with Gasteiger partial charge in [-0.25, -0.2) is 4.79 Å². The van der Waals surface area contributed by atoms with Gasteiger partial charge in [-0.2, -0.15) is 13.2 Å². The van der Waals surface area contributed by atoms with Crippen LogP contribution in [0.15, 0.2) is 0 Å². The molecular formula is C9H16F3N2O5P. The van der Waals surface area contributed by atoms with Crippen molar-refractivity contribution in [2.45, 2.75) is 6.18 Å². The van der Waals surface area contributed by atoms with Gasteiger partial charge in [-0.05, 0) is 0 Å². The number of nitrogens with zero attached hydrogens (tertiary/aromatic N) is 2. The van der Waals surface area contributed by atoms with Crippen molar-refractivity contribution < 1.29 is 36.4 Å². The highest BCUT2D eigenvalue weighted by Crippen LogP contribution is 2.46. The van der Waals surface area contributed by atoms with Crippen molar-refractivity contribution >= 4 is 13.6 Å². The summed E-state index contributed by atoms with van der Waals surface area (Å²) < 4.78 is 57.5. The molecule has 1 heterocycles. The largest absolute Gasteiger partial charge is 0.492 e. The minimum Gasteiger partial charge on any atom is -0.361 e. The molecular weight excluding hydrogens is 304 g/mol. The highest BCUT2D eigenvalue weighted by Gasteiger charge is 2.43. The molecule has 7 nitrogen and oxygen atoms in total. The van der Waals surface area contributed by atoms with E-state index in [1.807, 2.05) is 0 Å². The number of halogens is 3. The highest BCUT2D eigenvalue weighted by molar-refractivity contribution is 7.53. The summed E-state index contributed by atoms with van der Waals surface area (Å²) in [6.45, 7) is 0.716. The van der Waals surface area contributed by atoms with E-state index in [2.05, 4.69) is 4.84 Å². The molecule has 0 aromatic heterocycles. The standard InChI is InChI=1S/C9H16F3N2O5P/c1-17-20(16,18-2)7-13-3-5-14(6-4-13)19-8(15)9(10,11)12/h3-7H2,1-2H3. The van der Waals surface area contributed by atoms with Crippen molar-refractivity contribution in [1.82, 2.24) is 9.96 Å².